The van der Waals surface area contributed by atoms with Gasteiger partial charge >= 0.3 is 0 Å². The van der Waals surface area contributed by atoms with E-state index in [9.17, 15) is 0 Å². The Balaban J connectivity index is 3.02. The highest BCUT2D eigenvalue weighted by molar-refractivity contribution is 5.28. The maximum atomic E-state index is 5.10. The summed E-state index contributed by atoms with van der Waals surface area (Å²) in [5.74, 6) is 0.657. The van der Waals surface area contributed by atoms with Crippen molar-refractivity contribution in [1.29, 1.82) is 0 Å². The average Bonchev–Trinajstić information content (AvgIpc) is 2.09. The van der Waals surface area contributed by atoms with Crippen LogP contribution in [-0.2, 0) is 6.42 Å². The Labute approximate surface area is 72.8 Å². The fourth-order valence-corrected chi connectivity index (χ4v) is 1.14. The van der Waals surface area contributed by atoms with Gasteiger partial charge in [0, 0.05) is 11.3 Å². The van der Waals surface area contributed by atoms with E-state index in [1.807, 2.05) is 6.92 Å². The third-order valence-corrected chi connectivity index (χ3v) is 1.76. The van der Waals surface area contributed by atoms with Gasteiger partial charge in [-0.15, -0.1) is 0 Å². The number of rotatable bonds is 3. The zero-order chi connectivity index (χ0) is 8.97. The summed E-state index contributed by atoms with van der Waals surface area (Å²) in [6, 6.07) is 0. The lowest BCUT2D eigenvalue weighted by molar-refractivity contribution is 0.389. The van der Waals surface area contributed by atoms with Crippen LogP contribution in [0.15, 0.2) is 0 Å². The molecule has 1 heterocycles. The zero-order valence-electron chi connectivity index (χ0n) is 7.72. The predicted octanol–water partition coefficient (Wildman–Crippen LogP) is 1.55. The molecule has 12 heavy (non-hydrogen) atoms. The Hall–Kier alpha value is -1.12. The van der Waals surface area contributed by atoms with Gasteiger partial charge in [-0.1, -0.05) is 13.3 Å². The third kappa shape index (κ3) is 1.72. The molecule has 0 saturated carbocycles. The second kappa shape index (κ2) is 4.04. The van der Waals surface area contributed by atoms with E-state index in [1.165, 1.54) is 0 Å². The smallest absolute Gasteiger partial charge is 0.220 e. The molecule has 0 saturated heterocycles. The van der Waals surface area contributed by atoms with E-state index in [-0.39, 0.29) is 0 Å². The van der Waals surface area contributed by atoms with Crippen LogP contribution >= 0.6 is 0 Å². The highest BCUT2D eigenvalue weighted by Crippen LogP contribution is 2.17. The molecule has 1 rings (SSSR count). The largest absolute Gasteiger partial charge is 0.481 e. The number of aromatic nitrogens is 2. The molecule has 0 aromatic carbocycles. The quantitative estimate of drug-likeness (QED) is 0.681. The fraction of sp³-hybridized carbons (Fsp3) is 0.556. The Kier molecular flexibility index (Phi) is 3.02. The topological polar surface area (TPSA) is 35.0 Å². The van der Waals surface area contributed by atoms with Crippen molar-refractivity contribution in [3.63, 3.8) is 0 Å². The Bertz CT molecular complexity index is 261. The van der Waals surface area contributed by atoms with Gasteiger partial charge in [-0.25, -0.2) is 4.98 Å². The van der Waals surface area contributed by atoms with E-state index in [1.54, 1.807) is 7.11 Å². The van der Waals surface area contributed by atoms with E-state index in [2.05, 4.69) is 23.2 Å². The summed E-state index contributed by atoms with van der Waals surface area (Å²) in [5, 5.41) is 0. The van der Waals surface area contributed by atoms with E-state index in [0.29, 0.717) is 5.88 Å². The van der Waals surface area contributed by atoms with E-state index >= 15 is 0 Å². The molecule has 0 unspecified atom stereocenters. The maximum absolute atomic E-state index is 5.10. The van der Waals surface area contributed by atoms with Crippen molar-refractivity contribution in [1.82, 2.24) is 9.97 Å². The Morgan fingerprint density at radius 1 is 1.42 bits per heavy atom. The summed E-state index contributed by atoms with van der Waals surface area (Å²) < 4.78 is 5.10. The van der Waals surface area contributed by atoms with Crippen molar-refractivity contribution in [2.24, 2.45) is 0 Å². The standard InChI is InChI=1S/C9H13N2O/c1-4-5-8-7(2)10-6-11-9(8)12-3/h4-5H2,1-3H3. The number of aryl methyl sites for hydroxylation is 1. The molecular weight excluding hydrogens is 152 g/mol. The highest BCUT2D eigenvalue weighted by Gasteiger charge is 2.06. The monoisotopic (exact) mass is 165 g/mol. The molecule has 65 valence electrons. The van der Waals surface area contributed by atoms with Crippen molar-refractivity contribution in [3.8, 4) is 5.88 Å². The van der Waals surface area contributed by atoms with Gasteiger partial charge in [0.1, 0.15) is 0 Å². The van der Waals surface area contributed by atoms with Crippen LogP contribution in [0.1, 0.15) is 24.6 Å². The van der Waals surface area contributed by atoms with Gasteiger partial charge in [0.15, 0.2) is 0 Å². The van der Waals surface area contributed by atoms with Crippen molar-refractivity contribution in [2.75, 3.05) is 7.11 Å². The molecule has 0 fully saturated rings. The summed E-state index contributed by atoms with van der Waals surface area (Å²) in [6.07, 6.45) is 4.59. The number of hydrogen-bond acceptors (Lipinski definition) is 3. The molecule has 0 spiro atoms. The molecule has 0 aliphatic carbocycles. The molecule has 0 aliphatic rings. The van der Waals surface area contributed by atoms with E-state index < -0.39 is 0 Å². The van der Waals surface area contributed by atoms with Gasteiger partial charge < -0.3 is 4.74 Å². The van der Waals surface area contributed by atoms with Crippen LogP contribution in [0, 0.1) is 13.3 Å². The fourth-order valence-electron chi connectivity index (χ4n) is 1.14. The Morgan fingerprint density at radius 2 is 2.17 bits per heavy atom. The second-order valence-corrected chi connectivity index (χ2v) is 2.65. The lowest BCUT2D eigenvalue weighted by atomic mass is 10.1. The minimum absolute atomic E-state index is 0.657. The second-order valence-electron chi connectivity index (χ2n) is 2.65. The van der Waals surface area contributed by atoms with Crippen LogP contribution in [0.2, 0.25) is 0 Å². The van der Waals surface area contributed by atoms with Crippen LogP contribution in [0.3, 0.4) is 0 Å². The van der Waals surface area contributed by atoms with E-state index in [4.69, 9.17) is 4.74 Å². The summed E-state index contributed by atoms with van der Waals surface area (Å²) in [6.45, 7) is 4.07. The van der Waals surface area contributed by atoms with Crippen LogP contribution in [0.5, 0.6) is 5.88 Å². The van der Waals surface area contributed by atoms with Crippen molar-refractivity contribution in [3.05, 3.63) is 17.6 Å². The van der Waals surface area contributed by atoms with Gasteiger partial charge in [0.2, 0.25) is 12.2 Å². The maximum Gasteiger partial charge on any atom is 0.220 e. The molecule has 0 bridgehead atoms. The lowest BCUT2D eigenvalue weighted by Crippen LogP contribution is -2.00. The van der Waals surface area contributed by atoms with Gasteiger partial charge in [0.25, 0.3) is 0 Å². The third-order valence-electron chi connectivity index (χ3n) is 1.76. The van der Waals surface area contributed by atoms with Gasteiger partial charge in [-0.2, -0.15) is 4.98 Å². The molecule has 1 aromatic heterocycles. The van der Waals surface area contributed by atoms with Crippen LogP contribution in [0.25, 0.3) is 0 Å². The molecule has 0 N–H and O–H groups in total. The average molecular weight is 165 g/mol. The molecule has 3 heteroatoms. The molecule has 3 nitrogen and oxygen atoms in total. The van der Waals surface area contributed by atoms with Gasteiger partial charge in [0.05, 0.1) is 7.11 Å². The molecule has 1 radical (unpaired) electrons. The molecule has 1 aromatic rings. The summed E-state index contributed by atoms with van der Waals surface area (Å²) in [7, 11) is 1.62. The lowest BCUT2D eigenvalue weighted by Gasteiger charge is -2.06. The minimum Gasteiger partial charge on any atom is -0.481 e. The molecule has 0 aliphatic heterocycles. The molecule has 0 atom stereocenters. The summed E-state index contributed by atoms with van der Waals surface area (Å²) in [5.41, 5.74) is 2.06. The molecular formula is C9H13N2O. The van der Waals surface area contributed by atoms with Crippen molar-refractivity contribution < 1.29 is 4.74 Å². The van der Waals surface area contributed by atoms with Gasteiger partial charge in [-0.05, 0) is 13.3 Å². The minimum atomic E-state index is 0.657. The van der Waals surface area contributed by atoms with E-state index in [0.717, 1.165) is 24.1 Å². The number of hydrogen-bond donors (Lipinski definition) is 0. The van der Waals surface area contributed by atoms with Crippen LogP contribution in [0.4, 0.5) is 0 Å². The SMILES string of the molecule is CCCc1c(C)n[c]nc1OC. The first-order chi connectivity index (χ1) is 5.79. The summed E-state index contributed by atoms with van der Waals surface area (Å²) in [4.78, 5) is 7.91. The van der Waals surface area contributed by atoms with Gasteiger partial charge in [-0.3, -0.25) is 0 Å². The van der Waals surface area contributed by atoms with Crippen LogP contribution in [-0.4, -0.2) is 17.1 Å². The number of methoxy groups -OCH3 is 1. The van der Waals surface area contributed by atoms with Crippen molar-refractivity contribution >= 4 is 0 Å². The predicted molar refractivity (Wildman–Crippen MR) is 46.2 cm³/mol. The first-order valence-electron chi connectivity index (χ1n) is 4.07. The van der Waals surface area contributed by atoms with Crippen molar-refractivity contribution in [2.45, 2.75) is 26.7 Å². The zero-order valence-corrected chi connectivity index (χ0v) is 7.72. The first-order valence-corrected chi connectivity index (χ1v) is 4.07. The molecule has 0 amide bonds. The number of ether oxygens (including phenoxy) is 1. The highest BCUT2D eigenvalue weighted by atomic mass is 16.5. The first kappa shape index (κ1) is 8.97. The Morgan fingerprint density at radius 3 is 2.75 bits per heavy atom. The number of nitrogens with zero attached hydrogens (tertiary/aromatic N) is 2. The normalized spacial score (nSPS) is 9.92. The summed E-state index contributed by atoms with van der Waals surface area (Å²) >= 11 is 0. The van der Waals surface area contributed by atoms with Crippen LogP contribution < -0.4 is 4.74 Å².